The minimum absolute atomic E-state index is 0.0631. The van der Waals surface area contributed by atoms with Crippen molar-refractivity contribution >= 4 is 17.7 Å². The number of carbonyl (C=O) groups is 1. The van der Waals surface area contributed by atoms with Crippen LogP contribution in [0.25, 0.3) is 0 Å². The number of hydrogen-bond acceptors (Lipinski definition) is 3. The summed E-state index contributed by atoms with van der Waals surface area (Å²) in [6.07, 6.45) is 8.68. The van der Waals surface area contributed by atoms with Gasteiger partial charge in [-0.1, -0.05) is 25.0 Å². The third-order valence-corrected chi connectivity index (χ3v) is 5.27. The fourth-order valence-electron chi connectivity index (χ4n) is 2.67. The van der Waals surface area contributed by atoms with Crippen molar-refractivity contribution in [3.05, 3.63) is 59.9 Å². The van der Waals surface area contributed by atoms with Gasteiger partial charge in [0.2, 0.25) is 0 Å². The molecule has 0 radical (unpaired) electrons. The Morgan fingerprint density at radius 2 is 1.77 bits per heavy atom. The Labute approximate surface area is 135 Å². The molecule has 114 valence electrons. The second kappa shape index (κ2) is 7.45. The number of amides is 1. The highest BCUT2D eigenvalue weighted by molar-refractivity contribution is 8.00. The maximum Gasteiger partial charge on any atom is 0.251 e. The van der Waals surface area contributed by atoms with E-state index in [-0.39, 0.29) is 5.91 Å². The van der Waals surface area contributed by atoms with Gasteiger partial charge in [0.15, 0.2) is 0 Å². The van der Waals surface area contributed by atoms with E-state index >= 15 is 0 Å². The maximum absolute atomic E-state index is 12.0. The van der Waals surface area contributed by atoms with Crippen molar-refractivity contribution in [2.24, 2.45) is 0 Å². The molecule has 3 rings (SSSR count). The molecule has 1 aromatic carbocycles. The second-order valence-electron chi connectivity index (χ2n) is 5.59. The summed E-state index contributed by atoms with van der Waals surface area (Å²) < 4.78 is 0. The van der Waals surface area contributed by atoms with E-state index in [1.807, 2.05) is 11.8 Å². The number of nitrogens with zero attached hydrogens (tertiary/aromatic N) is 1. The second-order valence-corrected chi connectivity index (χ2v) is 6.96. The molecule has 1 aliphatic rings. The summed E-state index contributed by atoms with van der Waals surface area (Å²) in [7, 11) is 0. The Bertz CT molecular complexity index is 607. The summed E-state index contributed by atoms with van der Waals surface area (Å²) in [5, 5.41) is 3.72. The lowest BCUT2D eigenvalue weighted by Crippen LogP contribution is -2.22. The molecule has 0 spiro atoms. The van der Waals surface area contributed by atoms with E-state index in [9.17, 15) is 4.79 Å². The standard InChI is InChI=1S/C18H20N2OS/c21-18(15-9-11-19-12-10-15)20-13-14-5-7-17(8-6-14)22-16-3-1-2-4-16/h5-12,16H,1-4,13H2,(H,20,21). The van der Waals surface area contributed by atoms with Crippen LogP contribution in [-0.4, -0.2) is 16.1 Å². The van der Waals surface area contributed by atoms with E-state index in [2.05, 4.69) is 34.6 Å². The predicted molar refractivity (Wildman–Crippen MR) is 90.0 cm³/mol. The van der Waals surface area contributed by atoms with Gasteiger partial charge in [-0.15, -0.1) is 11.8 Å². The highest BCUT2D eigenvalue weighted by Gasteiger charge is 2.15. The molecule has 3 nitrogen and oxygen atoms in total. The van der Waals surface area contributed by atoms with Gasteiger partial charge in [-0.3, -0.25) is 9.78 Å². The van der Waals surface area contributed by atoms with Crippen LogP contribution in [0, 0.1) is 0 Å². The minimum atomic E-state index is -0.0631. The summed E-state index contributed by atoms with van der Waals surface area (Å²) in [4.78, 5) is 17.2. The maximum atomic E-state index is 12.0. The van der Waals surface area contributed by atoms with Gasteiger partial charge >= 0.3 is 0 Å². The van der Waals surface area contributed by atoms with Crippen LogP contribution in [0.15, 0.2) is 53.7 Å². The van der Waals surface area contributed by atoms with Crippen LogP contribution in [-0.2, 0) is 6.54 Å². The first-order chi connectivity index (χ1) is 10.8. The third-order valence-electron chi connectivity index (χ3n) is 3.92. The van der Waals surface area contributed by atoms with Crippen LogP contribution in [0.2, 0.25) is 0 Å². The van der Waals surface area contributed by atoms with E-state index in [0.29, 0.717) is 12.1 Å². The summed E-state index contributed by atoms with van der Waals surface area (Å²) in [5.74, 6) is -0.0631. The van der Waals surface area contributed by atoms with E-state index in [1.54, 1.807) is 24.5 Å². The molecule has 1 fully saturated rings. The Morgan fingerprint density at radius 3 is 2.45 bits per heavy atom. The molecule has 1 aromatic heterocycles. The summed E-state index contributed by atoms with van der Waals surface area (Å²) >= 11 is 1.99. The van der Waals surface area contributed by atoms with E-state index < -0.39 is 0 Å². The average molecular weight is 312 g/mol. The number of hydrogen-bond donors (Lipinski definition) is 1. The third kappa shape index (κ3) is 4.10. The molecule has 22 heavy (non-hydrogen) atoms. The van der Waals surface area contributed by atoms with Crippen LogP contribution in [0.4, 0.5) is 0 Å². The fourth-order valence-corrected chi connectivity index (χ4v) is 3.92. The average Bonchev–Trinajstić information content (AvgIpc) is 3.08. The Hall–Kier alpha value is -1.81. The number of aromatic nitrogens is 1. The number of carbonyl (C=O) groups excluding carboxylic acids is 1. The molecule has 1 heterocycles. The first-order valence-corrected chi connectivity index (χ1v) is 8.63. The van der Waals surface area contributed by atoms with Gasteiger partial charge in [0.25, 0.3) is 5.91 Å². The van der Waals surface area contributed by atoms with Gasteiger partial charge in [-0.25, -0.2) is 0 Å². The number of nitrogens with one attached hydrogen (secondary N) is 1. The predicted octanol–water partition coefficient (Wildman–Crippen LogP) is 4.05. The zero-order valence-electron chi connectivity index (χ0n) is 12.5. The quantitative estimate of drug-likeness (QED) is 0.905. The fraction of sp³-hybridized carbons (Fsp3) is 0.333. The van der Waals surface area contributed by atoms with Crippen LogP contribution in [0.1, 0.15) is 41.6 Å². The molecule has 1 saturated carbocycles. The zero-order valence-corrected chi connectivity index (χ0v) is 13.3. The highest BCUT2D eigenvalue weighted by atomic mass is 32.2. The van der Waals surface area contributed by atoms with Crippen molar-refractivity contribution in [2.45, 2.75) is 42.4 Å². The number of thioether (sulfide) groups is 1. The van der Waals surface area contributed by atoms with Gasteiger partial charge in [0.1, 0.15) is 0 Å². The molecule has 2 aromatic rings. The van der Waals surface area contributed by atoms with Crippen molar-refractivity contribution < 1.29 is 4.79 Å². The zero-order chi connectivity index (χ0) is 15.2. The molecular weight excluding hydrogens is 292 g/mol. The van der Waals surface area contributed by atoms with Gasteiger partial charge in [0.05, 0.1) is 0 Å². The molecule has 0 saturated heterocycles. The minimum Gasteiger partial charge on any atom is -0.348 e. The number of rotatable bonds is 5. The molecule has 0 aliphatic heterocycles. The molecule has 1 N–H and O–H groups in total. The Kier molecular flexibility index (Phi) is 5.11. The van der Waals surface area contributed by atoms with E-state index in [0.717, 1.165) is 10.8 Å². The van der Waals surface area contributed by atoms with Gasteiger partial charge in [-0.2, -0.15) is 0 Å². The van der Waals surface area contributed by atoms with E-state index in [1.165, 1.54) is 30.6 Å². The molecule has 0 bridgehead atoms. The van der Waals surface area contributed by atoms with Crippen molar-refractivity contribution in [3.8, 4) is 0 Å². The van der Waals surface area contributed by atoms with Gasteiger partial charge in [0, 0.05) is 34.6 Å². The lowest BCUT2D eigenvalue weighted by molar-refractivity contribution is 0.0951. The summed E-state index contributed by atoms with van der Waals surface area (Å²) in [5.41, 5.74) is 1.77. The molecule has 0 atom stereocenters. The van der Waals surface area contributed by atoms with Crippen molar-refractivity contribution in [1.82, 2.24) is 10.3 Å². The number of pyridine rings is 1. The number of benzene rings is 1. The van der Waals surface area contributed by atoms with E-state index in [4.69, 9.17) is 0 Å². The smallest absolute Gasteiger partial charge is 0.251 e. The molecule has 0 unspecified atom stereocenters. The van der Waals surface area contributed by atoms with Crippen molar-refractivity contribution in [3.63, 3.8) is 0 Å². The molecular formula is C18H20N2OS. The van der Waals surface area contributed by atoms with Crippen LogP contribution >= 0.6 is 11.8 Å². The van der Waals surface area contributed by atoms with Gasteiger partial charge < -0.3 is 5.32 Å². The normalized spacial score (nSPS) is 14.9. The first-order valence-electron chi connectivity index (χ1n) is 7.75. The first kappa shape index (κ1) is 15.1. The SMILES string of the molecule is O=C(NCc1ccc(SC2CCCC2)cc1)c1ccncc1. The Balaban J connectivity index is 1.51. The van der Waals surface area contributed by atoms with Crippen LogP contribution < -0.4 is 5.32 Å². The van der Waals surface area contributed by atoms with Gasteiger partial charge in [-0.05, 0) is 42.7 Å². The largest absolute Gasteiger partial charge is 0.348 e. The van der Waals surface area contributed by atoms with Crippen LogP contribution in [0.5, 0.6) is 0 Å². The lowest BCUT2D eigenvalue weighted by Gasteiger charge is -2.10. The monoisotopic (exact) mass is 312 g/mol. The lowest BCUT2D eigenvalue weighted by atomic mass is 10.2. The topological polar surface area (TPSA) is 42.0 Å². The van der Waals surface area contributed by atoms with Crippen molar-refractivity contribution in [1.29, 1.82) is 0 Å². The highest BCUT2D eigenvalue weighted by Crippen LogP contribution is 2.34. The van der Waals surface area contributed by atoms with Crippen molar-refractivity contribution in [2.75, 3.05) is 0 Å². The Morgan fingerprint density at radius 1 is 1.09 bits per heavy atom. The summed E-state index contributed by atoms with van der Waals surface area (Å²) in [6, 6.07) is 12.0. The molecule has 4 heteroatoms. The summed E-state index contributed by atoms with van der Waals surface area (Å²) in [6.45, 7) is 0.551. The molecule has 1 amide bonds. The molecule has 1 aliphatic carbocycles. The van der Waals surface area contributed by atoms with Crippen LogP contribution in [0.3, 0.4) is 0 Å².